The van der Waals surface area contributed by atoms with Crippen molar-refractivity contribution in [3.8, 4) is 0 Å². The summed E-state index contributed by atoms with van der Waals surface area (Å²) >= 11 is 5.78. The van der Waals surface area contributed by atoms with E-state index in [9.17, 15) is 13.2 Å². The molecule has 2 aromatic rings. The Morgan fingerprint density at radius 1 is 1.00 bits per heavy atom. The van der Waals surface area contributed by atoms with E-state index >= 15 is 0 Å². The van der Waals surface area contributed by atoms with Gasteiger partial charge in [-0.05, 0) is 42.0 Å². The molecule has 0 saturated carbocycles. The molecule has 0 aliphatic carbocycles. The summed E-state index contributed by atoms with van der Waals surface area (Å²) in [5.41, 5.74) is 1.17. The smallest absolute Gasteiger partial charge is 0.238 e. The SMILES string of the molecule is O=C(CS(=O)(=O)c1ccc(Cl)cc1)N1CCN(Cc2ccncc2)CC1. The summed E-state index contributed by atoms with van der Waals surface area (Å²) in [5, 5.41) is 0.459. The van der Waals surface area contributed by atoms with Crippen molar-refractivity contribution >= 4 is 27.3 Å². The monoisotopic (exact) mass is 393 g/mol. The first-order valence-corrected chi connectivity index (χ1v) is 10.3. The number of benzene rings is 1. The number of piperazine rings is 1. The number of rotatable bonds is 5. The Balaban J connectivity index is 1.54. The van der Waals surface area contributed by atoms with Gasteiger partial charge in [-0.2, -0.15) is 0 Å². The Kier molecular flexibility index (Phi) is 5.90. The minimum absolute atomic E-state index is 0.117. The summed E-state index contributed by atoms with van der Waals surface area (Å²) in [5.74, 6) is -0.873. The number of hydrogen-bond donors (Lipinski definition) is 0. The summed E-state index contributed by atoms with van der Waals surface area (Å²) in [7, 11) is -3.66. The van der Waals surface area contributed by atoms with Crippen LogP contribution in [0.15, 0.2) is 53.7 Å². The van der Waals surface area contributed by atoms with E-state index in [0.29, 0.717) is 18.1 Å². The normalized spacial score (nSPS) is 15.8. The Labute approximate surface area is 158 Å². The van der Waals surface area contributed by atoms with E-state index in [1.807, 2.05) is 12.1 Å². The van der Waals surface area contributed by atoms with Gasteiger partial charge in [0.25, 0.3) is 0 Å². The number of pyridine rings is 1. The fourth-order valence-corrected chi connectivity index (χ4v) is 4.23. The van der Waals surface area contributed by atoms with Gasteiger partial charge in [0.15, 0.2) is 9.84 Å². The second-order valence-corrected chi connectivity index (χ2v) is 8.65. The van der Waals surface area contributed by atoms with Gasteiger partial charge >= 0.3 is 0 Å². The van der Waals surface area contributed by atoms with Crippen LogP contribution >= 0.6 is 11.6 Å². The number of hydrogen-bond acceptors (Lipinski definition) is 5. The molecule has 0 radical (unpaired) electrons. The standard InChI is InChI=1S/C18H20ClN3O3S/c19-16-1-3-17(4-2-16)26(24,25)14-18(23)22-11-9-21(10-12-22)13-15-5-7-20-8-6-15/h1-8H,9-14H2. The molecule has 3 rings (SSSR count). The lowest BCUT2D eigenvalue weighted by Crippen LogP contribution is -2.49. The van der Waals surface area contributed by atoms with Gasteiger partial charge < -0.3 is 4.90 Å². The third kappa shape index (κ3) is 4.81. The van der Waals surface area contributed by atoms with Crippen molar-refractivity contribution in [2.45, 2.75) is 11.4 Å². The lowest BCUT2D eigenvalue weighted by atomic mass is 10.2. The van der Waals surface area contributed by atoms with Crippen molar-refractivity contribution in [1.82, 2.24) is 14.8 Å². The lowest BCUT2D eigenvalue weighted by Gasteiger charge is -2.34. The van der Waals surface area contributed by atoms with Gasteiger partial charge in [0.2, 0.25) is 5.91 Å². The molecule has 0 bridgehead atoms. The highest BCUT2D eigenvalue weighted by Crippen LogP contribution is 2.16. The summed E-state index contributed by atoms with van der Waals surface area (Å²) < 4.78 is 24.8. The molecule has 0 unspecified atom stereocenters. The molecular weight excluding hydrogens is 374 g/mol. The molecule has 6 nitrogen and oxygen atoms in total. The van der Waals surface area contributed by atoms with Crippen molar-refractivity contribution < 1.29 is 13.2 Å². The Morgan fingerprint density at radius 2 is 1.62 bits per heavy atom. The van der Waals surface area contributed by atoms with E-state index in [1.54, 1.807) is 17.3 Å². The van der Waals surface area contributed by atoms with E-state index in [0.717, 1.165) is 19.6 Å². The van der Waals surface area contributed by atoms with Crippen LogP contribution < -0.4 is 0 Å². The van der Waals surface area contributed by atoms with Crippen LogP contribution in [0.25, 0.3) is 0 Å². The van der Waals surface area contributed by atoms with Crippen LogP contribution in [-0.2, 0) is 21.2 Å². The molecule has 1 amide bonds. The number of sulfone groups is 1. The summed E-state index contributed by atoms with van der Waals surface area (Å²) in [6.07, 6.45) is 3.52. The Morgan fingerprint density at radius 3 is 2.23 bits per heavy atom. The van der Waals surface area contributed by atoms with Crippen molar-refractivity contribution in [3.63, 3.8) is 0 Å². The number of carbonyl (C=O) groups excluding carboxylic acids is 1. The average Bonchev–Trinajstić information content (AvgIpc) is 2.63. The van der Waals surface area contributed by atoms with Gasteiger partial charge in [-0.1, -0.05) is 11.6 Å². The van der Waals surface area contributed by atoms with Crippen LogP contribution in [0.5, 0.6) is 0 Å². The van der Waals surface area contributed by atoms with E-state index in [-0.39, 0.29) is 10.8 Å². The first-order valence-electron chi connectivity index (χ1n) is 8.31. The van der Waals surface area contributed by atoms with Crippen LogP contribution in [0.1, 0.15) is 5.56 Å². The maximum atomic E-state index is 12.4. The highest BCUT2D eigenvalue weighted by molar-refractivity contribution is 7.92. The zero-order valence-electron chi connectivity index (χ0n) is 14.2. The molecule has 1 aromatic carbocycles. The van der Waals surface area contributed by atoms with Crippen molar-refractivity contribution in [2.24, 2.45) is 0 Å². The molecule has 8 heteroatoms. The zero-order chi connectivity index (χ0) is 18.6. The minimum Gasteiger partial charge on any atom is -0.339 e. The van der Waals surface area contributed by atoms with E-state index in [4.69, 9.17) is 11.6 Å². The number of halogens is 1. The second-order valence-electron chi connectivity index (χ2n) is 6.23. The molecule has 138 valence electrons. The molecule has 0 spiro atoms. The molecule has 0 N–H and O–H groups in total. The Hall–Kier alpha value is -1.96. The van der Waals surface area contributed by atoms with Crippen LogP contribution in [0.4, 0.5) is 0 Å². The second kappa shape index (κ2) is 8.16. The maximum Gasteiger partial charge on any atom is 0.238 e. The molecule has 0 atom stereocenters. The molecular formula is C18H20ClN3O3S. The van der Waals surface area contributed by atoms with Crippen molar-refractivity contribution in [1.29, 1.82) is 0 Å². The lowest BCUT2D eigenvalue weighted by molar-refractivity contribution is -0.130. The summed E-state index contributed by atoms with van der Waals surface area (Å²) in [6.45, 7) is 3.29. The quantitative estimate of drug-likeness (QED) is 0.775. The highest BCUT2D eigenvalue weighted by atomic mass is 35.5. The molecule has 26 heavy (non-hydrogen) atoms. The van der Waals surface area contributed by atoms with Gasteiger partial charge in [-0.25, -0.2) is 8.42 Å². The maximum absolute atomic E-state index is 12.4. The van der Waals surface area contributed by atoms with E-state index in [1.165, 1.54) is 29.8 Å². The highest BCUT2D eigenvalue weighted by Gasteiger charge is 2.26. The average molecular weight is 394 g/mol. The molecule has 2 heterocycles. The molecule has 1 aliphatic rings. The molecule has 1 fully saturated rings. The molecule has 1 aliphatic heterocycles. The minimum atomic E-state index is -3.66. The third-order valence-electron chi connectivity index (χ3n) is 4.37. The van der Waals surface area contributed by atoms with Crippen LogP contribution in [0.2, 0.25) is 5.02 Å². The topological polar surface area (TPSA) is 70.6 Å². The van der Waals surface area contributed by atoms with Gasteiger partial charge in [0.05, 0.1) is 4.90 Å². The third-order valence-corrected chi connectivity index (χ3v) is 6.24. The van der Waals surface area contributed by atoms with Gasteiger partial charge in [-0.15, -0.1) is 0 Å². The van der Waals surface area contributed by atoms with Crippen LogP contribution in [0.3, 0.4) is 0 Å². The van der Waals surface area contributed by atoms with Gasteiger partial charge in [0, 0.05) is 50.1 Å². The zero-order valence-corrected chi connectivity index (χ0v) is 15.8. The van der Waals surface area contributed by atoms with Gasteiger partial charge in [0.1, 0.15) is 5.75 Å². The number of carbonyl (C=O) groups is 1. The van der Waals surface area contributed by atoms with Gasteiger partial charge in [-0.3, -0.25) is 14.7 Å². The number of nitrogens with zero attached hydrogens (tertiary/aromatic N) is 3. The number of amides is 1. The van der Waals surface area contributed by atoms with E-state index in [2.05, 4.69) is 9.88 Å². The Bertz CT molecular complexity index is 849. The predicted molar refractivity (Wildman–Crippen MR) is 99.6 cm³/mol. The fourth-order valence-electron chi connectivity index (χ4n) is 2.88. The van der Waals surface area contributed by atoms with Crippen molar-refractivity contribution in [3.05, 3.63) is 59.4 Å². The molecule has 1 saturated heterocycles. The largest absolute Gasteiger partial charge is 0.339 e. The first kappa shape index (κ1) is 18.8. The number of aromatic nitrogens is 1. The van der Waals surface area contributed by atoms with Crippen molar-refractivity contribution in [2.75, 3.05) is 31.9 Å². The fraction of sp³-hybridized carbons (Fsp3) is 0.333. The van der Waals surface area contributed by atoms with Crippen LogP contribution in [0, 0.1) is 0 Å². The van der Waals surface area contributed by atoms with E-state index < -0.39 is 15.6 Å². The summed E-state index contributed by atoms with van der Waals surface area (Å²) in [4.78, 5) is 20.4. The molecule has 1 aromatic heterocycles. The van der Waals surface area contributed by atoms with Crippen LogP contribution in [-0.4, -0.2) is 61.0 Å². The predicted octanol–water partition coefficient (Wildman–Crippen LogP) is 1.85. The first-order chi connectivity index (χ1) is 12.4. The summed E-state index contributed by atoms with van der Waals surface area (Å²) in [6, 6.07) is 9.81.